The zero-order chi connectivity index (χ0) is 24.8. The van der Waals surface area contributed by atoms with Crippen molar-refractivity contribution in [3.05, 3.63) is 35.9 Å². The van der Waals surface area contributed by atoms with Crippen molar-refractivity contribution in [1.82, 2.24) is 0 Å². The largest absolute Gasteiger partial charge is 0.479 e. The molecule has 192 valence electrons. The Morgan fingerprint density at radius 2 is 1.74 bits per heavy atom. The van der Waals surface area contributed by atoms with Gasteiger partial charge in [0.25, 0.3) is 0 Å². The zero-order valence-electron chi connectivity index (χ0n) is 20.8. The van der Waals surface area contributed by atoms with Gasteiger partial charge in [0.05, 0.1) is 19.3 Å². The smallest absolute Gasteiger partial charge is 0.343 e. The summed E-state index contributed by atoms with van der Waals surface area (Å²) in [6, 6.07) is 8.43. The first-order valence-electron chi connectivity index (χ1n) is 13.2. The van der Waals surface area contributed by atoms with Gasteiger partial charge in [0.1, 0.15) is 5.78 Å². The number of benzene rings is 1. The van der Waals surface area contributed by atoms with E-state index < -0.39 is 17.7 Å². The Morgan fingerprint density at radius 3 is 2.41 bits per heavy atom. The third kappa shape index (κ3) is 7.89. The second-order valence-corrected chi connectivity index (χ2v) is 9.71. The number of unbranched alkanes of at least 4 members (excludes halogenated alkanes) is 6. The van der Waals surface area contributed by atoms with Crippen LogP contribution in [0.3, 0.4) is 0 Å². The Hall–Kier alpha value is -1.76. The SMILES string of the molecule is CCCCCCCC[C@H]1CCC(=O)[C@@H]1CCCCC(O)C(OCCO)(C(=O)O)c1ccccc1. The lowest BCUT2D eigenvalue weighted by molar-refractivity contribution is -0.189. The van der Waals surface area contributed by atoms with Crippen LogP contribution in [0.4, 0.5) is 0 Å². The lowest BCUT2D eigenvalue weighted by atomic mass is 9.83. The minimum absolute atomic E-state index is 0.108. The molecule has 0 amide bonds. The van der Waals surface area contributed by atoms with Crippen molar-refractivity contribution >= 4 is 11.8 Å². The van der Waals surface area contributed by atoms with Gasteiger partial charge in [0.15, 0.2) is 0 Å². The monoisotopic (exact) mass is 476 g/mol. The first kappa shape index (κ1) is 28.5. The first-order chi connectivity index (χ1) is 16.5. The van der Waals surface area contributed by atoms with E-state index >= 15 is 0 Å². The highest BCUT2D eigenvalue weighted by molar-refractivity contribution is 5.83. The highest BCUT2D eigenvalue weighted by atomic mass is 16.5. The van der Waals surface area contributed by atoms with Crippen LogP contribution >= 0.6 is 0 Å². The Morgan fingerprint density at radius 1 is 1.06 bits per heavy atom. The number of hydrogen-bond acceptors (Lipinski definition) is 5. The molecule has 0 spiro atoms. The van der Waals surface area contributed by atoms with Gasteiger partial charge in [-0.25, -0.2) is 4.79 Å². The number of aliphatic hydroxyl groups excluding tert-OH is 2. The topological polar surface area (TPSA) is 104 Å². The normalized spacial score (nSPS) is 20.9. The molecular formula is C28H44O6. The maximum absolute atomic E-state index is 12.5. The lowest BCUT2D eigenvalue weighted by Crippen LogP contribution is -2.49. The molecule has 3 N–H and O–H groups in total. The summed E-state index contributed by atoms with van der Waals surface area (Å²) in [6.45, 7) is 1.70. The molecule has 4 atom stereocenters. The number of carbonyl (C=O) groups excluding carboxylic acids is 1. The molecular weight excluding hydrogens is 432 g/mol. The molecule has 1 aliphatic carbocycles. The van der Waals surface area contributed by atoms with Gasteiger partial charge in [-0.2, -0.15) is 0 Å². The minimum Gasteiger partial charge on any atom is -0.479 e. The van der Waals surface area contributed by atoms with Crippen molar-refractivity contribution in [2.24, 2.45) is 11.8 Å². The predicted molar refractivity (Wildman–Crippen MR) is 132 cm³/mol. The van der Waals surface area contributed by atoms with Crippen LogP contribution in [0.15, 0.2) is 30.3 Å². The van der Waals surface area contributed by atoms with Gasteiger partial charge in [-0.3, -0.25) is 4.79 Å². The van der Waals surface area contributed by atoms with Crippen molar-refractivity contribution in [2.75, 3.05) is 13.2 Å². The molecule has 1 aromatic carbocycles. The fraction of sp³-hybridized carbons (Fsp3) is 0.714. The zero-order valence-corrected chi connectivity index (χ0v) is 20.8. The van der Waals surface area contributed by atoms with Crippen LogP contribution in [0.2, 0.25) is 0 Å². The highest BCUT2D eigenvalue weighted by Gasteiger charge is 2.48. The molecule has 0 heterocycles. The first-order valence-corrected chi connectivity index (χ1v) is 13.2. The fourth-order valence-corrected chi connectivity index (χ4v) is 5.40. The van der Waals surface area contributed by atoms with Crippen molar-refractivity contribution in [2.45, 2.75) is 102 Å². The molecule has 34 heavy (non-hydrogen) atoms. The average molecular weight is 477 g/mol. The third-order valence-electron chi connectivity index (χ3n) is 7.33. The number of ketones is 1. The number of Topliss-reactive ketones (excluding diaryl/α,β-unsaturated/α-hetero) is 1. The van der Waals surface area contributed by atoms with Gasteiger partial charge in [0.2, 0.25) is 5.60 Å². The Balaban J connectivity index is 1.88. The standard InChI is InChI=1S/C28H44O6/c1-2-3-4-5-6-8-13-22-18-19-25(30)24(22)16-11-12-17-26(31)28(27(32)33,34-21-20-29)23-14-9-7-10-15-23/h7,9-10,14-15,22,24,26,29,31H,2-6,8,11-13,16-21H2,1H3,(H,32,33)/t22-,24+,26?,28?/m0/s1. The van der Waals surface area contributed by atoms with E-state index in [9.17, 15) is 24.9 Å². The molecule has 6 nitrogen and oxygen atoms in total. The predicted octanol–water partition coefficient (Wildman–Crippen LogP) is 5.24. The summed E-state index contributed by atoms with van der Waals surface area (Å²) >= 11 is 0. The second kappa shape index (κ2) is 15.3. The molecule has 0 saturated heterocycles. The van der Waals surface area contributed by atoms with E-state index in [1.54, 1.807) is 30.3 Å². The molecule has 0 aliphatic heterocycles. The average Bonchev–Trinajstić information content (AvgIpc) is 3.19. The summed E-state index contributed by atoms with van der Waals surface area (Å²) in [4.78, 5) is 24.7. The number of aliphatic carboxylic acids is 1. The molecule has 1 saturated carbocycles. The van der Waals surface area contributed by atoms with E-state index in [1.807, 2.05) is 0 Å². The van der Waals surface area contributed by atoms with Gasteiger partial charge >= 0.3 is 5.97 Å². The number of carboxylic acid groups (broad SMARTS) is 1. The van der Waals surface area contributed by atoms with Crippen LogP contribution in [-0.4, -0.2) is 46.4 Å². The highest BCUT2D eigenvalue weighted by Crippen LogP contribution is 2.37. The molecule has 1 aliphatic rings. The van der Waals surface area contributed by atoms with E-state index in [0.717, 1.165) is 25.7 Å². The Labute approximate surface area is 204 Å². The maximum atomic E-state index is 12.5. The number of rotatable bonds is 18. The number of carbonyl (C=O) groups is 2. The van der Waals surface area contributed by atoms with E-state index in [2.05, 4.69) is 6.92 Å². The molecule has 0 aromatic heterocycles. The Kier molecular flexibility index (Phi) is 12.8. The van der Waals surface area contributed by atoms with Gasteiger partial charge < -0.3 is 20.1 Å². The molecule has 0 bridgehead atoms. The fourth-order valence-electron chi connectivity index (χ4n) is 5.40. The van der Waals surface area contributed by atoms with Crippen LogP contribution < -0.4 is 0 Å². The number of hydrogen-bond donors (Lipinski definition) is 3. The molecule has 1 aromatic rings. The summed E-state index contributed by atoms with van der Waals surface area (Å²) in [5, 5.41) is 30.2. The third-order valence-corrected chi connectivity index (χ3v) is 7.33. The van der Waals surface area contributed by atoms with E-state index in [0.29, 0.717) is 30.1 Å². The van der Waals surface area contributed by atoms with E-state index in [4.69, 9.17) is 4.74 Å². The van der Waals surface area contributed by atoms with Gasteiger partial charge in [-0.15, -0.1) is 0 Å². The van der Waals surface area contributed by atoms with Gasteiger partial charge in [-0.1, -0.05) is 88.6 Å². The maximum Gasteiger partial charge on any atom is 0.343 e. The van der Waals surface area contributed by atoms with Crippen LogP contribution in [0.1, 0.15) is 96.0 Å². The van der Waals surface area contributed by atoms with Crippen molar-refractivity contribution in [1.29, 1.82) is 0 Å². The molecule has 0 radical (unpaired) electrons. The quantitative estimate of drug-likeness (QED) is 0.250. The van der Waals surface area contributed by atoms with Crippen LogP contribution in [0, 0.1) is 11.8 Å². The number of aliphatic hydroxyl groups is 2. The number of carboxylic acids is 1. The van der Waals surface area contributed by atoms with Crippen molar-refractivity contribution in [3.63, 3.8) is 0 Å². The van der Waals surface area contributed by atoms with E-state index in [-0.39, 0.29) is 25.6 Å². The second-order valence-electron chi connectivity index (χ2n) is 9.71. The molecule has 2 rings (SSSR count). The number of ether oxygens (including phenoxy) is 1. The van der Waals surface area contributed by atoms with Crippen LogP contribution in [-0.2, 0) is 19.9 Å². The summed E-state index contributed by atoms with van der Waals surface area (Å²) in [5.41, 5.74) is -1.57. The molecule has 1 fully saturated rings. The minimum atomic E-state index is -1.92. The summed E-state index contributed by atoms with van der Waals surface area (Å²) in [6.07, 6.45) is 11.5. The van der Waals surface area contributed by atoms with Crippen molar-refractivity contribution in [3.8, 4) is 0 Å². The molecule has 2 unspecified atom stereocenters. The Bertz CT molecular complexity index is 721. The van der Waals surface area contributed by atoms with Gasteiger partial charge in [0, 0.05) is 12.3 Å². The van der Waals surface area contributed by atoms with Crippen molar-refractivity contribution < 1.29 is 29.6 Å². The van der Waals surface area contributed by atoms with Crippen LogP contribution in [0.5, 0.6) is 0 Å². The summed E-state index contributed by atoms with van der Waals surface area (Å²) < 4.78 is 5.58. The molecule has 6 heteroatoms. The lowest BCUT2D eigenvalue weighted by Gasteiger charge is -2.34. The van der Waals surface area contributed by atoms with Gasteiger partial charge in [-0.05, 0) is 37.2 Å². The van der Waals surface area contributed by atoms with E-state index in [1.165, 1.54) is 38.5 Å². The van der Waals surface area contributed by atoms with Crippen LogP contribution in [0.25, 0.3) is 0 Å². The summed E-state index contributed by atoms with van der Waals surface area (Å²) in [5.74, 6) is -0.327. The summed E-state index contributed by atoms with van der Waals surface area (Å²) in [7, 11) is 0.